The van der Waals surface area contributed by atoms with Crippen molar-refractivity contribution in [2.24, 2.45) is 5.10 Å². The average molecular weight is 285 g/mol. The molecule has 0 saturated heterocycles. The Morgan fingerprint density at radius 2 is 1.68 bits per heavy atom. The summed E-state index contributed by atoms with van der Waals surface area (Å²) in [7, 11) is -4.64. The summed E-state index contributed by atoms with van der Waals surface area (Å²) in [4.78, 5) is 25.5. The monoisotopic (exact) mass is 285 g/mol. The summed E-state index contributed by atoms with van der Waals surface area (Å²) in [6.45, 7) is 1.93. The number of phosphoric acid groups is 1. The van der Waals surface area contributed by atoms with Crippen LogP contribution in [0, 0.1) is 0 Å². The zero-order valence-corrected chi connectivity index (χ0v) is 10.8. The van der Waals surface area contributed by atoms with Gasteiger partial charge in [-0.3, -0.25) is 4.98 Å². The highest BCUT2D eigenvalue weighted by molar-refractivity contribution is 7.45. The van der Waals surface area contributed by atoms with Crippen LogP contribution in [0.3, 0.4) is 0 Å². The number of rotatable bonds is 2. The summed E-state index contributed by atoms with van der Waals surface area (Å²) in [5.74, 6) is 0. The van der Waals surface area contributed by atoms with Crippen molar-refractivity contribution in [2.45, 2.75) is 6.92 Å². The Morgan fingerprint density at radius 1 is 1.21 bits per heavy atom. The maximum absolute atomic E-state index is 8.88. The van der Waals surface area contributed by atoms with E-state index in [9.17, 15) is 0 Å². The van der Waals surface area contributed by atoms with Gasteiger partial charge < -0.3 is 14.7 Å². The molecular formula is C9H12N5O4P. The van der Waals surface area contributed by atoms with Gasteiger partial charge in [-0.05, 0) is 19.1 Å². The Labute approximate surface area is 108 Å². The summed E-state index contributed by atoms with van der Waals surface area (Å²) in [5.41, 5.74) is 1.93. The van der Waals surface area contributed by atoms with Gasteiger partial charge in [0.1, 0.15) is 12.7 Å². The molecule has 0 aromatic carbocycles. The Morgan fingerprint density at radius 3 is 2.16 bits per heavy atom. The molecule has 2 rings (SSSR count). The van der Waals surface area contributed by atoms with Crippen molar-refractivity contribution in [3.05, 3.63) is 42.7 Å². The number of hydrogen-bond donors (Lipinski definition) is 3. The van der Waals surface area contributed by atoms with Gasteiger partial charge in [0.25, 0.3) is 0 Å². The molecule has 0 fully saturated rings. The minimum Gasteiger partial charge on any atom is -0.303 e. The largest absolute Gasteiger partial charge is 0.466 e. The molecule has 9 nitrogen and oxygen atoms in total. The molecule has 102 valence electrons. The lowest BCUT2D eigenvalue weighted by molar-refractivity contribution is 0.275. The minimum atomic E-state index is -4.64. The molecule has 2 heterocycles. The molecule has 0 bridgehead atoms. The van der Waals surface area contributed by atoms with Crippen LogP contribution < -0.4 is 0 Å². The molecule has 0 atom stereocenters. The van der Waals surface area contributed by atoms with Gasteiger partial charge in [-0.15, -0.1) is 10.2 Å². The normalized spacial score (nSPS) is 11.7. The Kier molecular flexibility index (Phi) is 5.46. The first-order chi connectivity index (χ1) is 8.86. The third-order valence-electron chi connectivity index (χ3n) is 1.77. The number of hydrogen-bond acceptors (Lipinski definition) is 5. The molecule has 0 amide bonds. The van der Waals surface area contributed by atoms with E-state index in [0.717, 1.165) is 11.3 Å². The molecule has 0 aliphatic carbocycles. The van der Waals surface area contributed by atoms with Crippen LogP contribution >= 0.6 is 7.82 Å². The van der Waals surface area contributed by atoms with Gasteiger partial charge >= 0.3 is 7.82 Å². The van der Waals surface area contributed by atoms with Crippen LogP contribution in [0.5, 0.6) is 0 Å². The lowest BCUT2D eigenvalue weighted by Crippen LogP contribution is -1.98. The predicted octanol–water partition coefficient (Wildman–Crippen LogP) is 0.0168. The van der Waals surface area contributed by atoms with E-state index in [0.29, 0.717) is 0 Å². The highest BCUT2D eigenvalue weighted by Gasteiger charge is 2.00. The van der Waals surface area contributed by atoms with E-state index in [1.165, 1.54) is 0 Å². The minimum absolute atomic E-state index is 0.896. The smallest absolute Gasteiger partial charge is 0.303 e. The third kappa shape index (κ3) is 7.17. The van der Waals surface area contributed by atoms with Crippen molar-refractivity contribution in [3.8, 4) is 0 Å². The van der Waals surface area contributed by atoms with E-state index >= 15 is 0 Å². The van der Waals surface area contributed by atoms with Crippen LogP contribution in [-0.4, -0.2) is 40.2 Å². The topological polar surface area (TPSA) is 134 Å². The first kappa shape index (κ1) is 15.1. The summed E-state index contributed by atoms with van der Waals surface area (Å²) in [5, 5.41) is 11.6. The second kappa shape index (κ2) is 6.86. The summed E-state index contributed by atoms with van der Waals surface area (Å²) in [6, 6.07) is 3.81. The van der Waals surface area contributed by atoms with Crippen LogP contribution in [0.25, 0.3) is 0 Å². The van der Waals surface area contributed by atoms with Gasteiger partial charge in [0.15, 0.2) is 0 Å². The van der Waals surface area contributed by atoms with Crippen molar-refractivity contribution in [2.75, 3.05) is 0 Å². The van der Waals surface area contributed by atoms with Gasteiger partial charge in [-0.1, -0.05) is 0 Å². The zero-order valence-electron chi connectivity index (χ0n) is 9.90. The predicted molar refractivity (Wildman–Crippen MR) is 66.1 cm³/mol. The fourth-order valence-electron chi connectivity index (χ4n) is 1.07. The summed E-state index contributed by atoms with van der Waals surface area (Å²) in [6.07, 6.45) is 6.57. The van der Waals surface area contributed by atoms with Gasteiger partial charge in [0.2, 0.25) is 0 Å². The first-order valence-corrected chi connectivity index (χ1v) is 6.51. The Bertz CT molecular complexity index is 557. The fourth-order valence-corrected chi connectivity index (χ4v) is 1.07. The lowest BCUT2D eigenvalue weighted by Gasteiger charge is -1.98. The molecule has 0 aliphatic rings. The van der Waals surface area contributed by atoms with Crippen molar-refractivity contribution in [1.29, 1.82) is 0 Å². The summed E-state index contributed by atoms with van der Waals surface area (Å²) >= 11 is 0. The molecule has 2 aromatic rings. The van der Waals surface area contributed by atoms with E-state index in [2.05, 4.69) is 20.3 Å². The zero-order chi connectivity index (χ0) is 14.3. The summed E-state index contributed by atoms with van der Waals surface area (Å²) < 4.78 is 10.4. The maximum Gasteiger partial charge on any atom is 0.466 e. The van der Waals surface area contributed by atoms with Gasteiger partial charge in [0.05, 0.1) is 5.71 Å². The Balaban J connectivity index is 0.000000312. The van der Waals surface area contributed by atoms with Crippen molar-refractivity contribution in [3.63, 3.8) is 0 Å². The SMILES string of the molecule is C/C(=N/n1cnnc1)c1ccncc1.O=P(O)(O)O. The quantitative estimate of drug-likeness (QED) is 0.523. The molecule has 0 spiro atoms. The van der Waals surface area contributed by atoms with E-state index in [1.807, 2.05) is 19.1 Å². The van der Waals surface area contributed by atoms with Crippen molar-refractivity contribution < 1.29 is 19.2 Å². The molecule has 10 heteroatoms. The molecule has 19 heavy (non-hydrogen) atoms. The molecule has 0 aliphatic heterocycles. The average Bonchev–Trinajstić information content (AvgIpc) is 2.81. The second-order valence-corrected chi connectivity index (χ2v) is 4.30. The fraction of sp³-hybridized carbons (Fsp3) is 0.111. The van der Waals surface area contributed by atoms with Crippen molar-refractivity contribution >= 4 is 13.5 Å². The van der Waals surface area contributed by atoms with Gasteiger partial charge in [-0.25, -0.2) is 9.24 Å². The number of pyridine rings is 1. The Hall–Kier alpha value is -1.93. The molecule has 2 aromatic heterocycles. The maximum atomic E-state index is 8.88. The van der Waals surface area contributed by atoms with Gasteiger partial charge in [0, 0.05) is 18.0 Å². The second-order valence-electron chi connectivity index (χ2n) is 3.28. The lowest BCUT2D eigenvalue weighted by atomic mass is 10.2. The van der Waals surface area contributed by atoms with E-state index in [-0.39, 0.29) is 0 Å². The first-order valence-electron chi connectivity index (χ1n) is 4.95. The third-order valence-corrected chi connectivity index (χ3v) is 1.77. The van der Waals surface area contributed by atoms with Crippen LogP contribution in [0.2, 0.25) is 0 Å². The van der Waals surface area contributed by atoms with Crippen molar-refractivity contribution in [1.82, 2.24) is 19.9 Å². The van der Waals surface area contributed by atoms with Gasteiger partial charge in [-0.2, -0.15) is 5.10 Å². The van der Waals surface area contributed by atoms with Crippen LogP contribution in [0.4, 0.5) is 0 Å². The molecular weight excluding hydrogens is 273 g/mol. The molecule has 3 N–H and O–H groups in total. The molecule has 0 unspecified atom stereocenters. The van der Waals surface area contributed by atoms with Crippen LogP contribution in [-0.2, 0) is 4.57 Å². The van der Waals surface area contributed by atoms with E-state index in [4.69, 9.17) is 19.2 Å². The number of nitrogens with zero attached hydrogens (tertiary/aromatic N) is 5. The molecule has 0 saturated carbocycles. The van der Waals surface area contributed by atoms with Crippen LogP contribution in [0.1, 0.15) is 12.5 Å². The molecule has 0 radical (unpaired) electrons. The number of aromatic nitrogens is 4. The van der Waals surface area contributed by atoms with E-state index < -0.39 is 7.82 Å². The highest BCUT2D eigenvalue weighted by Crippen LogP contribution is 2.25. The van der Waals surface area contributed by atoms with E-state index in [1.54, 1.807) is 29.7 Å². The van der Waals surface area contributed by atoms with Crippen LogP contribution in [0.15, 0.2) is 42.3 Å². The highest BCUT2D eigenvalue weighted by atomic mass is 31.2. The standard InChI is InChI=1S/C9H9N5.H3O4P/c1-8(9-2-4-10-5-3-9)13-14-6-11-12-7-14;1-5(2,3)4/h2-7H,1H3;(H3,1,2,3,4)/b13-8-;.